The Hall–Kier alpha value is -1.46. The van der Waals surface area contributed by atoms with E-state index in [-0.39, 0.29) is 12.4 Å². The summed E-state index contributed by atoms with van der Waals surface area (Å²) in [5, 5.41) is 10.1. The number of aliphatic hydroxyl groups is 1. The monoisotopic (exact) mass is 266 g/mol. The molecule has 2 rings (SSSR count). The van der Waals surface area contributed by atoms with Gasteiger partial charge in [0.2, 0.25) is 0 Å². The van der Waals surface area contributed by atoms with E-state index in [2.05, 4.69) is 4.98 Å². The molecule has 0 fully saturated rings. The highest BCUT2D eigenvalue weighted by Gasteiger charge is 2.13. The van der Waals surface area contributed by atoms with Crippen molar-refractivity contribution >= 4 is 22.2 Å². The summed E-state index contributed by atoms with van der Waals surface area (Å²) >= 11 is 1.46. The third kappa shape index (κ3) is 2.52. The van der Waals surface area contributed by atoms with Crippen molar-refractivity contribution < 1.29 is 9.50 Å². The SMILES string of the molecule is CCc1nc(N(C)c2ccc(F)cc2)sc1CO. The first-order chi connectivity index (χ1) is 8.65. The summed E-state index contributed by atoms with van der Waals surface area (Å²) in [6.45, 7) is 2.02. The molecule has 0 bridgehead atoms. The first-order valence-corrected chi connectivity index (χ1v) is 6.56. The van der Waals surface area contributed by atoms with Gasteiger partial charge < -0.3 is 10.0 Å². The van der Waals surface area contributed by atoms with Gasteiger partial charge in [-0.25, -0.2) is 9.37 Å². The zero-order chi connectivity index (χ0) is 13.1. The van der Waals surface area contributed by atoms with Crippen LogP contribution in [0.4, 0.5) is 15.2 Å². The van der Waals surface area contributed by atoms with Crippen LogP contribution in [-0.4, -0.2) is 17.1 Å². The molecule has 5 heteroatoms. The Kier molecular flexibility index (Phi) is 3.93. The molecule has 0 spiro atoms. The minimum Gasteiger partial charge on any atom is -0.391 e. The molecule has 1 aromatic heterocycles. The van der Waals surface area contributed by atoms with Gasteiger partial charge in [0.1, 0.15) is 5.82 Å². The molecule has 18 heavy (non-hydrogen) atoms. The maximum atomic E-state index is 12.9. The van der Waals surface area contributed by atoms with E-state index in [9.17, 15) is 9.50 Å². The lowest BCUT2D eigenvalue weighted by atomic mass is 10.3. The molecule has 0 radical (unpaired) electrons. The summed E-state index contributed by atoms with van der Waals surface area (Å²) in [7, 11) is 1.88. The number of aryl methyl sites for hydroxylation is 1. The quantitative estimate of drug-likeness (QED) is 0.923. The van der Waals surface area contributed by atoms with Gasteiger partial charge in [0.05, 0.1) is 17.2 Å². The average molecular weight is 266 g/mol. The van der Waals surface area contributed by atoms with Crippen molar-refractivity contribution in [2.45, 2.75) is 20.0 Å². The number of halogens is 1. The van der Waals surface area contributed by atoms with Gasteiger partial charge in [-0.1, -0.05) is 18.3 Å². The van der Waals surface area contributed by atoms with E-state index < -0.39 is 0 Å². The number of hydrogen-bond donors (Lipinski definition) is 1. The van der Waals surface area contributed by atoms with Crippen LogP contribution in [-0.2, 0) is 13.0 Å². The van der Waals surface area contributed by atoms with Crippen LogP contribution >= 0.6 is 11.3 Å². The van der Waals surface area contributed by atoms with E-state index >= 15 is 0 Å². The van der Waals surface area contributed by atoms with E-state index in [1.54, 1.807) is 12.1 Å². The average Bonchev–Trinajstić information content (AvgIpc) is 2.82. The van der Waals surface area contributed by atoms with Gasteiger partial charge in [-0.2, -0.15) is 0 Å². The molecule has 0 amide bonds. The molecule has 0 atom stereocenters. The molecule has 0 aliphatic heterocycles. The summed E-state index contributed by atoms with van der Waals surface area (Å²) in [6, 6.07) is 6.27. The number of aromatic nitrogens is 1. The van der Waals surface area contributed by atoms with Crippen molar-refractivity contribution in [2.24, 2.45) is 0 Å². The smallest absolute Gasteiger partial charge is 0.190 e. The number of anilines is 2. The molecule has 2 aromatic rings. The highest BCUT2D eigenvalue weighted by atomic mass is 32.1. The van der Waals surface area contributed by atoms with Crippen molar-refractivity contribution in [1.82, 2.24) is 4.98 Å². The maximum Gasteiger partial charge on any atom is 0.190 e. The van der Waals surface area contributed by atoms with Crippen LogP contribution in [0.3, 0.4) is 0 Å². The van der Waals surface area contributed by atoms with Crippen LogP contribution in [0.1, 0.15) is 17.5 Å². The molecule has 0 saturated heterocycles. The van der Waals surface area contributed by atoms with Crippen LogP contribution in [0.15, 0.2) is 24.3 Å². The van der Waals surface area contributed by atoms with E-state index in [1.807, 2.05) is 18.9 Å². The highest BCUT2D eigenvalue weighted by molar-refractivity contribution is 7.15. The summed E-state index contributed by atoms with van der Waals surface area (Å²) in [5.74, 6) is -0.253. The van der Waals surface area contributed by atoms with Crippen molar-refractivity contribution in [3.63, 3.8) is 0 Å². The summed E-state index contributed by atoms with van der Waals surface area (Å²) in [4.78, 5) is 7.27. The fourth-order valence-corrected chi connectivity index (χ4v) is 2.68. The molecular formula is C13H15FN2OS. The fourth-order valence-electron chi connectivity index (χ4n) is 1.69. The lowest BCUT2D eigenvalue weighted by Crippen LogP contribution is -2.08. The van der Waals surface area contributed by atoms with Gasteiger partial charge >= 0.3 is 0 Å². The molecule has 3 nitrogen and oxygen atoms in total. The minimum absolute atomic E-state index is 0.0120. The first-order valence-electron chi connectivity index (χ1n) is 5.74. The Morgan fingerprint density at radius 2 is 2.00 bits per heavy atom. The second-order valence-corrected chi connectivity index (χ2v) is 4.98. The molecule has 1 heterocycles. The zero-order valence-corrected chi connectivity index (χ0v) is 11.2. The van der Waals surface area contributed by atoms with Crippen molar-refractivity contribution in [1.29, 1.82) is 0 Å². The molecular weight excluding hydrogens is 251 g/mol. The predicted molar refractivity (Wildman–Crippen MR) is 71.9 cm³/mol. The third-order valence-electron chi connectivity index (χ3n) is 2.75. The summed E-state index contributed by atoms with van der Waals surface area (Å²) in [6.07, 6.45) is 0.795. The molecule has 0 saturated carbocycles. The highest BCUT2D eigenvalue weighted by Crippen LogP contribution is 2.30. The van der Waals surface area contributed by atoms with Crippen LogP contribution in [0.5, 0.6) is 0 Å². The number of aliphatic hydroxyl groups excluding tert-OH is 1. The Morgan fingerprint density at radius 1 is 1.33 bits per heavy atom. The van der Waals surface area contributed by atoms with E-state index in [0.29, 0.717) is 0 Å². The summed E-state index contributed by atoms with van der Waals surface area (Å²) in [5.41, 5.74) is 1.80. The van der Waals surface area contributed by atoms with Gasteiger partial charge in [0, 0.05) is 12.7 Å². The van der Waals surface area contributed by atoms with Crippen molar-refractivity contribution in [3.05, 3.63) is 40.7 Å². The molecule has 1 N–H and O–H groups in total. The van der Waals surface area contributed by atoms with Gasteiger partial charge in [-0.3, -0.25) is 0 Å². The number of thiazole rings is 1. The number of benzene rings is 1. The first kappa shape index (κ1) is 13.0. The van der Waals surface area contributed by atoms with Gasteiger partial charge in [-0.05, 0) is 30.7 Å². The minimum atomic E-state index is -0.253. The van der Waals surface area contributed by atoms with Crippen LogP contribution in [0, 0.1) is 5.82 Å². The van der Waals surface area contributed by atoms with E-state index in [0.717, 1.165) is 27.8 Å². The van der Waals surface area contributed by atoms with Crippen LogP contribution in [0.25, 0.3) is 0 Å². The zero-order valence-electron chi connectivity index (χ0n) is 10.4. The topological polar surface area (TPSA) is 36.4 Å². The van der Waals surface area contributed by atoms with Gasteiger partial charge in [-0.15, -0.1) is 0 Å². The maximum absolute atomic E-state index is 12.9. The fraction of sp³-hybridized carbons (Fsp3) is 0.308. The molecule has 1 aromatic carbocycles. The number of hydrogen-bond acceptors (Lipinski definition) is 4. The van der Waals surface area contributed by atoms with Crippen LogP contribution in [0.2, 0.25) is 0 Å². The lowest BCUT2D eigenvalue weighted by Gasteiger charge is -2.15. The molecule has 0 aliphatic rings. The third-order valence-corrected chi connectivity index (χ3v) is 3.91. The van der Waals surface area contributed by atoms with Gasteiger partial charge in [0.25, 0.3) is 0 Å². The predicted octanol–water partition coefficient (Wildman–Crippen LogP) is 3.10. The molecule has 0 unspecified atom stereocenters. The second kappa shape index (κ2) is 5.46. The largest absolute Gasteiger partial charge is 0.391 e. The molecule has 0 aliphatic carbocycles. The number of nitrogens with zero attached hydrogens (tertiary/aromatic N) is 2. The Bertz CT molecular complexity index is 503. The van der Waals surface area contributed by atoms with Crippen molar-refractivity contribution in [3.8, 4) is 0 Å². The van der Waals surface area contributed by atoms with E-state index in [4.69, 9.17) is 0 Å². The normalized spacial score (nSPS) is 10.7. The van der Waals surface area contributed by atoms with Gasteiger partial charge in [0.15, 0.2) is 5.13 Å². The standard InChI is InChI=1S/C13H15FN2OS/c1-3-11-12(8-17)18-13(15-11)16(2)10-6-4-9(14)5-7-10/h4-7,17H,3,8H2,1-2H3. The summed E-state index contributed by atoms with van der Waals surface area (Å²) < 4.78 is 12.9. The van der Waals surface area contributed by atoms with Crippen molar-refractivity contribution in [2.75, 3.05) is 11.9 Å². The van der Waals surface area contributed by atoms with E-state index in [1.165, 1.54) is 23.5 Å². The Balaban J connectivity index is 2.30. The second-order valence-electron chi connectivity index (χ2n) is 3.91. The Morgan fingerprint density at radius 3 is 2.50 bits per heavy atom. The Labute approximate surface area is 110 Å². The van der Waals surface area contributed by atoms with Crippen LogP contribution < -0.4 is 4.90 Å². The lowest BCUT2D eigenvalue weighted by molar-refractivity contribution is 0.284. The number of rotatable bonds is 4. The molecule has 96 valence electrons.